The highest BCUT2D eigenvalue weighted by atomic mass is 32.1. The highest BCUT2D eigenvalue weighted by molar-refractivity contribution is 7.71. The number of rotatable bonds is 7. The van der Waals surface area contributed by atoms with E-state index in [0.29, 0.717) is 30.4 Å². The highest BCUT2D eigenvalue weighted by Gasteiger charge is 2.22. The molecule has 1 saturated carbocycles. The smallest absolute Gasteiger partial charge is 0.224 e. The fourth-order valence-electron chi connectivity index (χ4n) is 3.67. The Hall–Kier alpha value is -2.15. The number of benzene rings is 1. The highest BCUT2D eigenvalue weighted by Crippen LogP contribution is 2.23. The first-order valence-corrected chi connectivity index (χ1v) is 10.1. The van der Waals surface area contributed by atoms with Crippen LogP contribution in [-0.2, 0) is 11.3 Å². The normalized spacial score (nSPS) is 14.9. The van der Waals surface area contributed by atoms with Gasteiger partial charge in [0.05, 0.1) is 6.61 Å². The molecule has 146 valence electrons. The number of hydrogen-bond donors (Lipinski definition) is 1. The summed E-state index contributed by atoms with van der Waals surface area (Å²) in [5, 5.41) is 7.21. The summed E-state index contributed by atoms with van der Waals surface area (Å²) in [4.78, 5) is 14.6. The maximum Gasteiger partial charge on any atom is 0.224 e. The van der Waals surface area contributed by atoms with E-state index in [1.165, 1.54) is 19.3 Å². The maximum absolute atomic E-state index is 12.6. The fraction of sp³-hybridized carbons (Fsp3) is 0.550. The van der Waals surface area contributed by atoms with Crippen LogP contribution in [0.25, 0.3) is 11.4 Å². The molecule has 0 unspecified atom stereocenters. The predicted octanol–water partition coefficient (Wildman–Crippen LogP) is 4.19. The van der Waals surface area contributed by atoms with E-state index in [1.54, 1.807) is 0 Å². The molecule has 1 aliphatic rings. The van der Waals surface area contributed by atoms with Gasteiger partial charge in [-0.3, -0.25) is 14.5 Å². The van der Waals surface area contributed by atoms with Crippen LogP contribution < -0.4 is 4.74 Å². The molecule has 0 saturated heterocycles. The first kappa shape index (κ1) is 19.6. The van der Waals surface area contributed by atoms with Gasteiger partial charge in [-0.1, -0.05) is 19.3 Å². The number of aromatic nitrogens is 3. The van der Waals surface area contributed by atoms with Gasteiger partial charge >= 0.3 is 0 Å². The summed E-state index contributed by atoms with van der Waals surface area (Å²) >= 11 is 5.38. The van der Waals surface area contributed by atoms with Crippen molar-refractivity contribution in [3.8, 4) is 17.1 Å². The van der Waals surface area contributed by atoms with Crippen molar-refractivity contribution < 1.29 is 9.53 Å². The summed E-state index contributed by atoms with van der Waals surface area (Å²) in [6.07, 6.45) is 6.38. The lowest BCUT2D eigenvalue weighted by atomic mass is 9.94. The molecule has 1 N–H and O–H groups in total. The Bertz CT molecular complexity index is 806. The van der Waals surface area contributed by atoms with Gasteiger partial charge in [0.15, 0.2) is 10.6 Å². The monoisotopic (exact) mass is 388 g/mol. The largest absolute Gasteiger partial charge is 0.494 e. The summed E-state index contributed by atoms with van der Waals surface area (Å²) in [7, 11) is 1.93. The molecule has 1 fully saturated rings. The lowest BCUT2D eigenvalue weighted by Gasteiger charge is -2.31. The molecule has 2 aromatic rings. The number of carbonyl (C=O) groups is 1. The van der Waals surface area contributed by atoms with Crippen LogP contribution in [0, 0.1) is 4.77 Å². The van der Waals surface area contributed by atoms with Crippen molar-refractivity contribution in [3.63, 3.8) is 0 Å². The quantitative estimate of drug-likeness (QED) is 0.723. The van der Waals surface area contributed by atoms with Gasteiger partial charge in [-0.25, -0.2) is 0 Å². The Kier molecular flexibility index (Phi) is 6.66. The molecule has 0 bridgehead atoms. The van der Waals surface area contributed by atoms with E-state index < -0.39 is 0 Å². The molecule has 1 aromatic carbocycles. The number of hydrogen-bond acceptors (Lipinski definition) is 4. The molecule has 1 amide bonds. The SMILES string of the molecule is CCOc1ccc(-c2n[nH]c(=S)n2CCC(=O)N(C)C2CCCCC2)cc1. The number of nitrogens with one attached hydrogen (secondary N) is 1. The molecule has 1 aliphatic carbocycles. The molecule has 1 heterocycles. The van der Waals surface area contributed by atoms with Crippen molar-refractivity contribution in [2.45, 2.75) is 58.0 Å². The van der Waals surface area contributed by atoms with Crippen LogP contribution >= 0.6 is 12.2 Å². The number of H-pyrrole nitrogens is 1. The molecule has 3 rings (SSSR count). The average molecular weight is 389 g/mol. The van der Waals surface area contributed by atoms with E-state index in [2.05, 4.69) is 10.2 Å². The second-order valence-corrected chi connectivity index (χ2v) is 7.39. The van der Waals surface area contributed by atoms with E-state index >= 15 is 0 Å². The number of nitrogens with zero attached hydrogens (tertiary/aromatic N) is 3. The van der Waals surface area contributed by atoms with Crippen molar-refractivity contribution in [2.75, 3.05) is 13.7 Å². The summed E-state index contributed by atoms with van der Waals surface area (Å²) in [6, 6.07) is 8.14. The molecule has 27 heavy (non-hydrogen) atoms. The zero-order valence-corrected chi connectivity index (χ0v) is 16.9. The van der Waals surface area contributed by atoms with Gasteiger partial charge in [0.2, 0.25) is 5.91 Å². The van der Waals surface area contributed by atoms with Crippen LogP contribution in [0.2, 0.25) is 0 Å². The van der Waals surface area contributed by atoms with E-state index in [4.69, 9.17) is 17.0 Å². The van der Waals surface area contributed by atoms with Crippen LogP contribution in [-0.4, -0.2) is 45.3 Å². The second-order valence-electron chi connectivity index (χ2n) is 7.01. The average Bonchev–Trinajstić information content (AvgIpc) is 3.07. The Morgan fingerprint density at radius 1 is 1.30 bits per heavy atom. The van der Waals surface area contributed by atoms with Gasteiger partial charge in [0, 0.05) is 31.6 Å². The minimum absolute atomic E-state index is 0.169. The number of amides is 1. The van der Waals surface area contributed by atoms with Gasteiger partial charge in [-0.2, -0.15) is 5.10 Å². The molecule has 0 atom stereocenters. The summed E-state index contributed by atoms with van der Waals surface area (Å²) in [5.74, 6) is 1.74. The van der Waals surface area contributed by atoms with Crippen LogP contribution in [0.5, 0.6) is 5.75 Å². The topological polar surface area (TPSA) is 63.1 Å². The number of ether oxygens (including phenoxy) is 1. The molecule has 0 radical (unpaired) electrons. The van der Waals surface area contributed by atoms with E-state index in [1.807, 2.05) is 47.7 Å². The van der Waals surface area contributed by atoms with Gasteiger partial charge in [0.25, 0.3) is 0 Å². The Morgan fingerprint density at radius 2 is 2.00 bits per heavy atom. The standard InChI is InChI=1S/C20H28N4O2S/c1-3-26-17-11-9-15(10-12-17)19-21-22-20(27)24(19)14-13-18(25)23(2)16-7-5-4-6-8-16/h9-12,16H,3-8,13-14H2,1-2H3,(H,22,27). The lowest BCUT2D eigenvalue weighted by Crippen LogP contribution is -2.38. The van der Waals surface area contributed by atoms with E-state index in [9.17, 15) is 4.79 Å². The van der Waals surface area contributed by atoms with E-state index in [0.717, 1.165) is 30.0 Å². The zero-order chi connectivity index (χ0) is 19.2. The number of carbonyl (C=O) groups excluding carboxylic acids is 1. The lowest BCUT2D eigenvalue weighted by molar-refractivity contribution is -0.132. The minimum atomic E-state index is 0.169. The van der Waals surface area contributed by atoms with Crippen LogP contribution in [0.3, 0.4) is 0 Å². The second kappa shape index (κ2) is 9.17. The van der Waals surface area contributed by atoms with Gasteiger partial charge in [0.1, 0.15) is 5.75 Å². The van der Waals surface area contributed by atoms with Crippen LogP contribution in [0.4, 0.5) is 0 Å². The Morgan fingerprint density at radius 3 is 2.67 bits per heavy atom. The molecular formula is C20H28N4O2S. The van der Waals surface area contributed by atoms with Gasteiger partial charge < -0.3 is 9.64 Å². The van der Waals surface area contributed by atoms with Crippen molar-refractivity contribution >= 4 is 18.1 Å². The molecule has 7 heteroatoms. The maximum atomic E-state index is 12.6. The molecule has 0 aliphatic heterocycles. The van der Waals surface area contributed by atoms with Crippen LogP contribution in [0.15, 0.2) is 24.3 Å². The Labute approximate surface area is 165 Å². The molecule has 0 spiro atoms. The third kappa shape index (κ3) is 4.77. The molecule has 6 nitrogen and oxygen atoms in total. The third-order valence-corrected chi connectivity index (χ3v) is 5.56. The van der Waals surface area contributed by atoms with Crippen molar-refractivity contribution in [3.05, 3.63) is 29.0 Å². The first-order valence-electron chi connectivity index (χ1n) is 9.74. The summed E-state index contributed by atoms with van der Waals surface area (Å²) < 4.78 is 7.92. The summed E-state index contributed by atoms with van der Waals surface area (Å²) in [6.45, 7) is 3.11. The van der Waals surface area contributed by atoms with Gasteiger partial charge in [-0.15, -0.1) is 0 Å². The number of aromatic amines is 1. The van der Waals surface area contributed by atoms with Crippen LogP contribution in [0.1, 0.15) is 45.4 Å². The summed E-state index contributed by atoms with van der Waals surface area (Å²) in [5.41, 5.74) is 0.943. The van der Waals surface area contributed by atoms with Crippen molar-refractivity contribution in [1.29, 1.82) is 0 Å². The van der Waals surface area contributed by atoms with Gasteiger partial charge in [-0.05, 0) is 56.2 Å². The zero-order valence-electron chi connectivity index (χ0n) is 16.1. The molecular weight excluding hydrogens is 360 g/mol. The third-order valence-electron chi connectivity index (χ3n) is 5.25. The first-order chi connectivity index (χ1) is 13.1. The van der Waals surface area contributed by atoms with E-state index in [-0.39, 0.29) is 5.91 Å². The Balaban J connectivity index is 1.67. The van der Waals surface area contributed by atoms with Crippen molar-refractivity contribution in [2.24, 2.45) is 0 Å². The molecule has 1 aromatic heterocycles. The van der Waals surface area contributed by atoms with Crippen molar-refractivity contribution in [1.82, 2.24) is 19.7 Å². The predicted molar refractivity (Wildman–Crippen MR) is 108 cm³/mol. The fourth-order valence-corrected chi connectivity index (χ4v) is 3.89. The minimum Gasteiger partial charge on any atom is -0.494 e.